The van der Waals surface area contributed by atoms with Crippen molar-refractivity contribution in [2.75, 3.05) is 6.54 Å². The Kier molecular flexibility index (Phi) is 3.93. The number of rotatable bonds is 3. The molecule has 0 aromatic heterocycles. The van der Waals surface area contributed by atoms with Gasteiger partial charge >= 0.3 is 0 Å². The molecule has 0 aromatic carbocycles. The van der Waals surface area contributed by atoms with E-state index in [1.54, 1.807) is 0 Å². The molecule has 82 valence electrons. The molecular weight excluding hydrogens is 178 g/mol. The van der Waals surface area contributed by atoms with E-state index in [1.165, 1.54) is 0 Å². The monoisotopic (exact) mass is 199 g/mol. The summed E-state index contributed by atoms with van der Waals surface area (Å²) >= 11 is 0. The van der Waals surface area contributed by atoms with Crippen LogP contribution < -0.4 is 0 Å². The first-order valence-corrected chi connectivity index (χ1v) is 5.50. The van der Waals surface area contributed by atoms with Gasteiger partial charge in [0.05, 0.1) is 6.10 Å². The minimum Gasteiger partial charge on any atom is -0.393 e. The molecule has 1 rings (SSSR count). The molecule has 3 heteroatoms. The Morgan fingerprint density at radius 3 is 2.64 bits per heavy atom. The Bertz CT molecular complexity index is 194. The third-order valence-electron chi connectivity index (χ3n) is 3.29. The second kappa shape index (κ2) is 4.78. The van der Waals surface area contributed by atoms with E-state index in [-0.39, 0.29) is 18.1 Å². The second-order valence-corrected chi connectivity index (χ2v) is 4.51. The van der Waals surface area contributed by atoms with Crippen molar-refractivity contribution in [3.8, 4) is 0 Å². The van der Waals surface area contributed by atoms with Crippen molar-refractivity contribution in [3.63, 3.8) is 0 Å². The normalized spacial score (nSPS) is 33.5. The standard InChI is InChI=1S/C11H21NO2/c1-4-9-10(14)5-6-12(7-13)11(9)8(2)3/h7-11,14H,4-6H2,1-3H3/t9-,10-,11-/m0/s1. The van der Waals surface area contributed by atoms with Crippen LogP contribution in [0.3, 0.4) is 0 Å². The number of aliphatic hydroxyl groups is 1. The summed E-state index contributed by atoms with van der Waals surface area (Å²) in [7, 11) is 0. The average molecular weight is 199 g/mol. The van der Waals surface area contributed by atoms with Crippen LogP contribution in [0.1, 0.15) is 33.6 Å². The van der Waals surface area contributed by atoms with Gasteiger partial charge in [0.2, 0.25) is 6.41 Å². The molecule has 0 aromatic rings. The van der Waals surface area contributed by atoms with Crippen LogP contribution in [0.5, 0.6) is 0 Å². The molecule has 1 saturated heterocycles. The number of aliphatic hydroxyl groups excluding tert-OH is 1. The fraction of sp³-hybridized carbons (Fsp3) is 0.909. The van der Waals surface area contributed by atoms with E-state index in [9.17, 15) is 9.90 Å². The van der Waals surface area contributed by atoms with Gasteiger partial charge in [0, 0.05) is 18.5 Å². The molecule has 1 fully saturated rings. The topological polar surface area (TPSA) is 40.5 Å². The van der Waals surface area contributed by atoms with E-state index < -0.39 is 0 Å². The first-order chi connectivity index (χ1) is 6.61. The number of carbonyl (C=O) groups excluding carboxylic acids is 1. The van der Waals surface area contributed by atoms with Crippen molar-refractivity contribution >= 4 is 6.41 Å². The highest BCUT2D eigenvalue weighted by Gasteiger charge is 2.36. The molecule has 0 radical (unpaired) electrons. The fourth-order valence-corrected chi connectivity index (χ4v) is 2.63. The summed E-state index contributed by atoms with van der Waals surface area (Å²) in [6.07, 6.45) is 2.36. The third kappa shape index (κ3) is 2.08. The lowest BCUT2D eigenvalue weighted by atomic mass is 9.79. The summed E-state index contributed by atoms with van der Waals surface area (Å²) in [6, 6.07) is 0.209. The molecule has 14 heavy (non-hydrogen) atoms. The number of hydrogen-bond donors (Lipinski definition) is 1. The van der Waals surface area contributed by atoms with Crippen molar-refractivity contribution in [2.24, 2.45) is 11.8 Å². The van der Waals surface area contributed by atoms with Gasteiger partial charge in [-0.1, -0.05) is 20.8 Å². The summed E-state index contributed by atoms with van der Waals surface area (Å²) in [5.74, 6) is 0.661. The van der Waals surface area contributed by atoms with Gasteiger partial charge in [0.15, 0.2) is 0 Å². The van der Waals surface area contributed by atoms with Crippen molar-refractivity contribution in [1.82, 2.24) is 4.90 Å². The fourth-order valence-electron chi connectivity index (χ4n) is 2.63. The summed E-state index contributed by atoms with van der Waals surface area (Å²) in [5.41, 5.74) is 0. The SMILES string of the molecule is CC[C@H]1[C@@H](O)CCN(C=O)[C@H]1C(C)C. The largest absolute Gasteiger partial charge is 0.393 e. The van der Waals surface area contributed by atoms with Gasteiger partial charge in [0.25, 0.3) is 0 Å². The van der Waals surface area contributed by atoms with Crippen LogP contribution in [0.15, 0.2) is 0 Å². The Morgan fingerprint density at radius 2 is 2.21 bits per heavy atom. The summed E-state index contributed by atoms with van der Waals surface area (Å²) in [5, 5.41) is 9.86. The van der Waals surface area contributed by atoms with E-state index in [0.29, 0.717) is 12.5 Å². The maximum Gasteiger partial charge on any atom is 0.209 e. The van der Waals surface area contributed by atoms with Gasteiger partial charge < -0.3 is 10.0 Å². The highest BCUT2D eigenvalue weighted by Crippen LogP contribution is 2.30. The third-order valence-corrected chi connectivity index (χ3v) is 3.29. The minimum absolute atomic E-state index is 0.209. The molecule has 0 bridgehead atoms. The van der Waals surface area contributed by atoms with E-state index >= 15 is 0 Å². The molecule has 0 unspecified atom stereocenters. The van der Waals surface area contributed by atoms with Crippen LogP contribution >= 0.6 is 0 Å². The molecule has 1 amide bonds. The molecule has 1 N–H and O–H groups in total. The van der Waals surface area contributed by atoms with Crippen LogP contribution in [0, 0.1) is 11.8 Å². The lowest BCUT2D eigenvalue weighted by molar-refractivity contribution is -0.128. The first kappa shape index (κ1) is 11.5. The predicted octanol–water partition coefficient (Wildman–Crippen LogP) is 1.26. The molecule has 0 spiro atoms. The van der Waals surface area contributed by atoms with Crippen molar-refractivity contribution < 1.29 is 9.90 Å². The average Bonchev–Trinajstić information content (AvgIpc) is 2.17. The number of amides is 1. The van der Waals surface area contributed by atoms with E-state index in [4.69, 9.17) is 0 Å². The van der Waals surface area contributed by atoms with Crippen molar-refractivity contribution in [2.45, 2.75) is 45.8 Å². The Balaban J connectivity index is 2.80. The summed E-state index contributed by atoms with van der Waals surface area (Å²) in [4.78, 5) is 12.7. The molecule has 1 heterocycles. The Morgan fingerprint density at radius 1 is 1.57 bits per heavy atom. The number of nitrogens with zero attached hydrogens (tertiary/aromatic N) is 1. The number of piperidine rings is 1. The molecular formula is C11H21NO2. The maximum atomic E-state index is 10.9. The van der Waals surface area contributed by atoms with Crippen LogP contribution in [0.25, 0.3) is 0 Å². The lowest BCUT2D eigenvalue weighted by Crippen LogP contribution is -2.52. The minimum atomic E-state index is -0.233. The van der Waals surface area contributed by atoms with Gasteiger partial charge in [-0.2, -0.15) is 0 Å². The Labute approximate surface area is 86.1 Å². The van der Waals surface area contributed by atoms with Gasteiger partial charge in [-0.3, -0.25) is 4.79 Å². The molecule has 3 atom stereocenters. The molecule has 0 aliphatic carbocycles. The zero-order chi connectivity index (χ0) is 10.7. The molecule has 1 aliphatic rings. The van der Waals surface area contributed by atoms with Crippen LogP contribution in [-0.2, 0) is 4.79 Å². The first-order valence-electron chi connectivity index (χ1n) is 5.50. The lowest BCUT2D eigenvalue weighted by Gasteiger charge is -2.44. The summed E-state index contributed by atoms with van der Waals surface area (Å²) in [6.45, 7) is 7.01. The van der Waals surface area contributed by atoms with Gasteiger partial charge in [0.1, 0.15) is 0 Å². The number of likely N-dealkylation sites (tertiary alicyclic amines) is 1. The second-order valence-electron chi connectivity index (χ2n) is 4.51. The van der Waals surface area contributed by atoms with Gasteiger partial charge in [-0.05, 0) is 18.8 Å². The zero-order valence-electron chi connectivity index (χ0n) is 9.31. The quantitative estimate of drug-likeness (QED) is 0.695. The summed E-state index contributed by atoms with van der Waals surface area (Å²) < 4.78 is 0. The highest BCUT2D eigenvalue weighted by atomic mass is 16.3. The van der Waals surface area contributed by atoms with E-state index in [2.05, 4.69) is 20.8 Å². The van der Waals surface area contributed by atoms with Crippen LogP contribution in [0.4, 0.5) is 0 Å². The van der Waals surface area contributed by atoms with E-state index in [0.717, 1.165) is 19.3 Å². The van der Waals surface area contributed by atoms with Crippen LogP contribution in [-0.4, -0.2) is 35.1 Å². The van der Waals surface area contributed by atoms with E-state index in [1.807, 2.05) is 4.90 Å². The Hall–Kier alpha value is -0.570. The molecule has 0 saturated carbocycles. The van der Waals surface area contributed by atoms with Crippen LogP contribution in [0.2, 0.25) is 0 Å². The predicted molar refractivity (Wildman–Crippen MR) is 55.8 cm³/mol. The molecule has 1 aliphatic heterocycles. The molecule has 3 nitrogen and oxygen atoms in total. The van der Waals surface area contributed by atoms with Crippen molar-refractivity contribution in [1.29, 1.82) is 0 Å². The maximum absolute atomic E-state index is 10.9. The highest BCUT2D eigenvalue weighted by molar-refractivity contribution is 5.48. The van der Waals surface area contributed by atoms with Gasteiger partial charge in [-0.15, -0.1) is 0 Å². The van der Waals surface area contributed by atoms with Gasteiger partial charge in [-0.25, -0.2) is 0 Å². The van der Waals surface area contributed by atoms with Crippen molar-refractivity contribution in [3.05, 3.63) is 0 Å². The number of hydrogen-bond acceptors (Lipinski definition) is 2. The number of carbonyl (C=O) groups is 1. The zero-order valence-corrected chi connectivity index (χ0v) is 9.31. The smallest absolute Gasteiger partial charge is 0.209 e.